The van der Waals surface area contributed by atoms with Crippen molar-refractivity contribution in [3.63, 3.8) is 0 Å². The third kappa shape index (κ3) is 5.97. The highest BCUT2D eigenvalue weighted by molar-refractivity contribution is 5.73. The van der Waals surface area contributed by atoms with E-state index in [-0.39, 0.29) is 18.0 Å². The third-order valence-electron chi connectivity index (χ3n) is 8.18. The molecule has 2 aliphatic rings. The van der Waals surface area contributed by atoms with Gasteiger partial charge in [0.15, 0.2) is 0 Å². The number of hydrogen-bond acceptors (Lipinski definition) is 4. The Morgan fingerprint density at radius 3 is 2.35 bits per heavy atom. The predicted octanol–water partition coefficient (Wildman–Crippen LogP) is 6.94. The van der Waals surface area contributed by atoms with Crippen molar-refractivity contribution in [2.24, 2.45) is 11.8 Å². The summed E-state index contributed by atoms with van der Waals surface area (Å²) >= 11 is 0. The molecule has 194 valence electrons. The molecule has 1 aliphatic carbocycles. The van der Waals surface area contributed by atoms with Gasteiger partial charge in [-0.3, -0.25) is 4.79 Å². The molecular formula is C33H39NO3. The molecule has 3 aromatic carbocycles. The average molecular weight is 498 g/mol. The molecule has 0 N–H and O–H groups in total. The maximum absolute atomic E-state index is 12.2. The van der Waals surface area contributed by atoms with Crippen LogP contribution in [0.4, 0.5) is 0 Å². The number of carbonyl (C=O) groups excluding carboxylic acids is 1. The van der Waals surface area contributed by atoms with Crippen LogP contribution in [-0.2, 0) is 20.7 Å². The highest BCUT2D eigenvalue weighted by Gasteiger charge is 2.32. The van der Waals surface area contributed by atoms with Crippen LogP contribution in [0.15, 0.2) is 72.8 Å². The van der Waals surface area contributed by atoms with Crippen LogP contribution in [0, 0.1) is 11.8 Å². The van der Waals surface area contributed by atoms with E-state index in [4.69, 9.17) is 9.47 Å². The summed E-state index contributed by atoms with van der Waals surface area (Å²) in [5.41, 5.74) is 7.76. The fourth-order valence-electron chi connectivity index (χ4n) is 6.19. The standard InChI is InChI=1S/C33H39NO3/c1-3-37-33(35)30-10-7-20-34(23-30)21-19-27-15-16-29-22-28(17-18-31(29)32(27)36-2)26-13-11-25(12-14-26)24-8-5-4-6-9-24/h4-6,8-9,11-14,17-18,22,27,30,32H,3,7,10,15-16,19-21,23H2,1-2H3. The molecule has 37 heavy (non-hydrogen) atoms. The molecule has 0 radical (unpaired) electrons. The van der Waals surface area contributed by atoms with Gasteiger partial charge in [0.2, 0.25) is 0 Å². The van der Waals surface area contributed by atoms with Gasteiger partial charge < -0.3 is 14.4 Å². The van der Waals surface area contributed by atoms with Crippen molar-refractivity contribution in [2.75, 3.05) is 33.4 Å². The minimum Gasteiger partial charge on any atom is -0.466 e. The quantitative estimate of drug-likeness (QED) is 0.316. The molecule has 1 heterocycles. The lowest BCUT2D eigenvalue weighted by molar-refractivity contribution is -0.150. The summed E-state index contributed by atoms with van der Waals surface area (Å²) in [6.07, 6.45) is 5.46. The van der Waals surface area contributed by atoms with Crippen molar-refractivity contribution in [3.05, 3.63) is 83.9 Å². The molecule has 3 atom stereocenters. The first kappa shape index (κ1) is 25.7. The molecule has 0 spiro atoms. The van der Waals surface area contributed by atoms with Crippen LogP contribution in [0.3, 0.4) is 0 Å². The summed E-state index contributed by atoms with van der Waals surface area (Å²) < 4.78 is 11.4. The van der Waals surface area contributed by atoms with E-state index < -0.39 is 0 Å². The summed E-state index contributed by atoms with van der Waals surface area (Å²) in [4.78, 5) is 14.7. The van der Waals surface area contributed by atoms with Crippen molar-refractivity contribution in [1.29, 1.82) is 0 Å². The number of carbonyl (C=O) groups is 1. The lowest BCUT2D eigenvalue weighted by Crippen LogP contribution is -2.40. The zero-order valence-electron chi connectivity index (χ0n) is 22.2. The minimum atomic E-state index is -0.0286. The molecule has 1 saturated heterocycles. The Balaban J connectivity index is 1.23. The number of likely N-dealkylation sites (tertiary alicyclic amines) is 1. The Kier molecular flexibility index (Phi) is 8.38. The van der Waals surface area contributed by atoms with Crippen LogP contribution in [0.25, 0.3) is 22.3 Å². The van der Waals surface area contributed by atoms with Gasteiger partial charge in [-0.05, 0) is 91.4 Å². The molecule has 0 bridgehead atoms. The van der Waals surface area contributed by atoms with Gasteiger partial charge in [0.05, 0.1) is 18.6 Å². The molecule has 0 saturated carbocycles. The number of methoxy groups -OCH3 is 1. The number of benzene rings is 3. The normalized spacial score (nSPS) is 21.8. The highest BCUT2D eigenvalue weighted by Crippen LogP contribution is 2.40. The molecular weight excluding hydrogens is 458 g/mol. The van der Waals surface area contributed by atoms with Gasteiger partial charge >= 0.3 is 5.97 Å². The van der Waals surface area contributed by atoms with E-state index in [9.17, 15) is 4.79 Å². The number of rotatable bonds is 8. The highest BCUT2D eigenvalue weighted by atomic mass is 16.5. The zero-order valence-corrected chi connectivity index (χ0v) is 22.2. The summed E-state index contributed by atoms with van der Waals surface area (Å²) in [5.74, 6) is 0.495. The monoisotopic (exact) mass is 497 g/mol. The van der Waals surface area contributed by atoms with Crippen LogP contribution < -0.4 is 0 Å². The number of aryl methyl sites for hydroxylation is 1. The number of nitrogens with zero attached hydrogens (tertiary/aromatic N) is 1. The lowest BCUT2D eigenvalue weighted by atomic mass is 9.78. The van der Waals surface area contributed by atoms with Crippen LogP contribution in [0.1, 0.15) is 49.8 Å². The largest absolute Gasteiger partial charge is 0.466 e. The van der Waals surface area contributed by atoms with E-state index >= 15 is 0 Å². The smallest absolute Gasteiger partial charge is 0.310 e. The van der Waals surface area contributed by atoms with Gasteiger partial charge in [0, 0.05) is 13.7 Å². The molecule has 1 aliphatic heterocycles. The Hall–Kier alpha value is -2.95. The van der Waals surface area contributed by atoms with Crippen molar-refractivity contribution in [3.8, 4) is 22.3 Å². The molecule has 0 amide bonds. The van der Waals surface area contributed by atoms with E-state index in [0.29, 0.717) is 12.5 Å². The van der Waals surface area contributed by atoms with Crippen molar-refractivity contribution < 1.29 is 14.3 Å². The minimum absolute atomic E-state index is 0.0270. The predicted molar refractivity (Wildman–Crippen MR) is 149 cm³/mol. The first-order chi connectivity index (χ1) is 18.2. The lowest BCUT2D eigenvalue weighted by Gasteiger charge is -2.36. The Labute approximate surface area is 221 Å². The van der Waals surface area contributed by atoms with Gasteiger partial charge in [0.25, 0.3) is 0 Å². The Bertz CT molecular complexity index is 1170. The van der Waals surface area contributed by atoms with Crippen molar-refractivity contribution in [2.45, 2.75) is 45.1 Å². The first-order valence-corrected chi connectivity index (χ1v) is 13.9. The molecule has 0 aromatic heterocycles. The SMILES string of the molecule is CCOC(=O)C1CCCN(CCC2CCc3cc(-c4ccc(-c5ccccc5)cc4)ccc3C2OC)C1. The summed E-state index contributed by atoms with van der Waals surface area (Å²) in [6.45, 7) is 5.26. The van der Waals surface area contributed by atoms with Crippen molar-refractivity contribution in [1.82, 2.24) is 4.90 Å². The van der Waals surface area contributed by atoms with Gasteiger partial charge in [0.1, 0.15) is 0 Å². The fourth-order valence-corrected chi connectivity index (χ4v) is 6.19. The maximum Gasteiger partial charge on any atom is 0.310 e. The second-order valence-electron chi connectivity index (χ2n) is 10.5. The Morgan fingerprint density at radius 2 is 1.62 bits per heavy atom. The van der Waals surface area contributed by atoms with Gasteiger partial charge in [-0.25, -0.2) is 0 Å². The third-order valence-corrected chi connectivity index (χ3v) is 8.18. The number of piperidine rings is 1. The molecule has 5 rings (SSSR count). The Morgan fingerprint density at radius 1 is 0.919 bits per heavy atom. The van der Waals surface area contributed by atoms with Crippen molar-refractivity contribution >= 4 is 5.97 Å². The first-order valence-electron chi connectivity index (χ1n) is 13.9. The second kappa shape index (κ2) is 12.1. The van der Waals surface area contributed by atoms with E-state index in [1.807, 2.05) is 14.0 Å². The van der Waals surface area contributed by atoms with Gasteiger partial charge in [-0.1, -0.05) is 72.8 Å². The summed E-state index contributed by atoms with van der Waals surface area (Å²) in [5, 5.41) is 0. The average Bonchev–Trinajstić information content (AvgIpc) is 2.96. The van der Waals surface area contributed by atoms with Crippen LogP contribution in [0.2, 0.25) is 0 Å². The number of fused-ring (bicyclic) bond motifs is 1. The van der Waals surface area contributed by atoms with E-state index in [0.717, 1.165) is 51.7 Å². The van der Waals surface area contributed by atoms with Gasteiger partial charge in [-0.2, -0.15) is 0 Å². The number of hydrogen-bond donors (Lipinski definition) is 0. The molecule has 3 unspecified atom stereocenters. The number of ether oxygens (including phenoxy) is 2. The topological polar surface area (TPSA) is 38.8 Å². The molecule has 3 aromatic rings. The van der Waals surface area contributed by atoms with E-state index in [1.54, 1.807) is 0 Å². The van der Waals surface area contributed by atoms with Gasteiger partial charge in [-0.15, -0.1) is 0 Å². The van der Waals surface area contributed by atoms with Crippen LogP contribution >= 0.6 is 0 Å². The maximum atomic E-state index is 12.2. The zero-order chi connectivity index (χ0) is 25.6. The van der Waals surface area contributed by atoms with Crippen LogP contribution in [0.5, 0.6) is 0 Å². The van der Waals surface area contributed by atoms with E-state index in [2.05, 4.69) is 77.7 Å². The number of esters is 1. The summed E-state index contributed by atoms with van der Waals surface area (Å²) in [7, 11) is 1.85. The fraction of sp³-hybridized carbons (Fsp3) is 0.424. The summed E-state index contributed by atoms with van der Waals surface area (Å²) in [6, 6.07) is 26.3. The molecule has 4 nitrogen and oxygen atoms in total. The van der Waals surface area contributed by atoms with E-state index in [1.165, 1.54) is 33.4 Å². The molecule has 1 fully saturated rings. The van der Waals surface area contributed by atoms with Crippen LogP contribution in [-0.4, -0.2) is 44.2 Å². The molecule has 4 heteroatoms. The second-order valence-corrected chi connectivity index (χ2v) is 10.5.